The van der Waals surface area contributed by atoms with E-state index in [-0.39, 0.29) is 10.9 Å². The van der Waals surface area contributed by atoms with Crippen molar-refractivity contribution in [3.05, 3.63) is 59.7 Å². The van der Waals surface area contributed by atoms with Gasteiger partial charge >= 0.3 is 0 Å². The van der Waals surface area contributed by atoms with Gasteiger partial charge in [-0.2, -0.15) is 0 Å². The summed E-state index contributed by atoms with van der Waals surface area (Å²) in [5, 5.41) is 7.04. The summed E-state index contributed by atoms with van der Waals surface area (Å²) in [4.78, 5) is 24.7. The molecule has 238 valence electrons. The van der Waals surface area contributed by atoms with E-state index in [0.29, 0.717) is 69.8 Å². The van der Waals surface area contributed by atoms with Gasteiger partial charge in [0.2, 0.25) is 5.91 Å². The highest BCUT2D eigenvalue weighted by atomic mass is 35.5. The van der Waals surface area contributed by atoms with Crippen LogP contribution < -0.4 is 15.4 Å². The average Bonchev–Trinajstić information content (AvgIpc) is 3.21. The third-order valence-corrected chi connectivity index (χ3v) is 11.2. The number of amides is 1. The molecule has 9 heteroatoms. The Morgan fingerprint density at radius 1 is 1.09 bits per heavy atom. The van der Waals surface area contributed by atoms with Gasteiger partial charge in [-0.05, 0) is 112 Å². The fraction of sp³-hybridized carbons (Fsp3) is 0.528. The molecule has 2 aliphatic carbocycles. The van der Waals surface area contributed by atoms with E-state index in [1.807, 2.05) is 18.2 Å². The Morgan fingerprint density at radius 2 is 1.87 bits per heavy atom. The molecule has 7 nitrogen and oxygen atoms in total. The highest BCUT2D eigenvalue weighted by molar-refractivity contribution is 6.31. The van der Waals surface area contributed by atoms with Gasteiger partial charge in [0.15, 0.2) is 0 Å². The zero-order chi connectivity index (χ0) is 31.0. The van der Waals surface area contributed by atoms with Crippen LogP contribution in [0.5, 0.6) is 5.75 Å². The molecule has 2 saturated carbocycles. The first kappa shape index (κ1) is 30.4. The number of ether oxygens (including phenoxy) is 1. The molecule has 7 rings (SSSR count). The molecule has 2 unspecified atom stereocenters. The summed E-state index contributed by atoms with van der Waals surface area (Å²) in [6.07, 6.45) is 20.3. The van der Waals surface area contributed by atoms with Crippen LogP contribution in [0.2, 0.25) is 5.02 Å². The van der Waals surface area contributed by atoms with Gasteiger partial charge in [0, 0.05) is 29.2 Å². The van der Waals surface area contributed by atoms with E-state index in [4.69, 9.17) is 16.3 Å². The molecule has 3 aromatic rings. The monoisotopic (exact) mass is 631 g/mol. The number of aromatic nitrogens is 2. The Morgan fingerprint density at radius 3 is 2.62 bits per heavy atom. The van der Waals surface area contributed by atoms with Crippen molar-refractivity contribution in [2.75, 3.05) is 24.3 Å². The number of carbonyl (C=O) groups is 1. The van der Waals surface area contributed by atoms with E-state index < -0.39 is 5.82 Å². The number of hydrogen-bond acceptors (Lipinski definition) is 6. The van der Waals surface area contributed by atoms with Gasteiger partial charge in [0.1, 0.15) is 23.7 Å². The van der Waals surface area contributed by atoms with Gasteiger partial charge in [-0.3, -0.25) is 4.79 Å². The van der Waals surface area contributed by atoms with Crippen LogP contribution in [0.4, 0.5) is 21.6 Å². The lowest BCUT2D eigenvalue weighted by molar-refractivity contribution is -0.111. The molecule has 1 spiro atoms. The Balaban J connectivity index is 1.08. The number of benzene rings is 2. The van der Waals surface area contributed by atoms with Gasteiger partial charge in [-0.1, -0.05) is 36.9 Å². The van der Waals surface area contributed by atoms with Crippen molar-refractivity contribution in [2.24, 2.45) is 17.3 Å². The molecular weight excluding hydrogens is 589 g/mol. The fourth-order valence-corrected chi connectivity index (χ4v) is 8.75. The zero-order valence-electron chi connectivity index (χ0n) is 26.0. The van der Waals surface area contributed by atoms with Crippen LogP contribution in [-0.2, 0) is 4.79 Å². The van der Waals surface area contributed by atoms with Crippen molar-refractivity contribution >= 4 is 45.6 Å². The maximum atomic E-state index is 13.8. The third kappa shape index (κ3) is 6.68. The Hall–Kier alpha value is -3.23. The van der Waals surface area contributed by atoms with Gasteiger partial charge in [0.25, 0.3) is 0 Å². The smallest absolute Gasteiger partial charge is 0.248 e. The predicted octanol–water partition coefficient (Wildman–Crippen LogP) is 8.66. The number of nitrogens with one attached hydrogen (secondary N) is 2. The minimum absolute atomic E-state index is 0.0210. The predicted molar refractivity (Wildman–Crippen MR) is 178 cm³/mol. The SMILES string of the molecule is CN1C2CCC1CC(CC=CC(=O)Nc1cc3c(Nc4ccc(F)c(Cl)c4)ncnc3cc1OCC1CC3(CCCCC3)C1)C2. The molecule has 1 aromatic heterocycles. The summed E-state index contributed by atoms with van der Waals surface area (Å²) in [6.45, 7) is 0.620. The highest BCUT2D eigenvalue weighted by Crippen LogP contribution is 2.55. The average molecular weight is 632 g/mol. The Labute approximate surface area is 270 Å². The van der Waals surface area contributed by atoms with Crippen LogP contribution in [-0.4, -0.2) is 46.5 Å². The second kappa shape index (κ2) is 12.9. The second-order valence-corrected chi connectivity index (χ2v) is 14.4. The van der Waals surface area contributed by atoms with Gasteiger partial charge in [-0.15, -0.1) is 0 Å². The Bertz CT molecular complexity index is 1570. The lowest BCUT2D eigenvalue weighted by atomic mass is 9.56. The van der Waals surface area contributed by atoms with Gasteiger partial charge in [0.05, 0.1) is 22.8 Å². The number of anilines is 3. The lowest BCUT2D eigenvalue weighted by Gasteiger charge is -2.50. The number of allylic oxidation sites excluding steroid dienone is 1. The molecule has 4 fully saturated rings. The van der Waals surface area contributed by atoms with E-state index in [1.165, 1.54) is 89.1 Å². The number of halogens is 2. The van der Waals surface area contributed by atoms with Crippen molar-refractivity contribution < 1.29 is 13.9 Å². The van der Waals surface area contributed by atoms with Gasteiger partial charge in [-0.25, -0.2) is 14.4 Å². The summed E-state index contributed by atoms with van der Waals surface area (Å²) in [7, 11) is 2.25. The molecule has 4 aliphatic rings. The summed E-state index contributed by atoms with van der Waals surface area (Å²) < 4.78 is 20.2. The van der Waals surface area contributed by atoms with Crippen molar-refractivity contribution in [2.45, 2.75) is 89.1 Å². The molecule has 2 N–H and O–H groups in total. The maximum Gasteiger partial charge on any atom is 0.248 e. The normalized spacial score (nSPS) is 24.6. The summed E-state index contributed by atoms with van der Waals surface area (Å²) in [5.74, 6) is 1.61. The maximum absolute atomic E-state index is 13.8. The Kier molecular flexibility index (Phi) is 8.71. The molecular formula is C36H43ClFN5O2. The van der Waals surface area contributed by atoms with E-state index in [0.717, 1.165) is 6.42 Å². The third-order valence-electron chi connectivity index (χ3n) is 10.9. The molecule has 2 aliphatic heterocycles. The van der Waals surface area contributed by atoms with Crippen LogP contribution >= 0.6 is 11.6 Å². The first-order valence-electron chi connectivity index (χ1n) is 16.7. The lowest BCUT2D eigenvalue weighted by Crippen LogP contribution is -2.41. The van der Waals surface area contributed by atoms with Gasteiger partial charge < -0.3 is 20.3 Å². The molecule has 1 amide bonds. The first-order chi connectivity index (χ1) is 21.8. The van der Waals surface area contributed by atoms with Crippen molar-refractivity contribution in [3.8, 4) is 5.75 Å². The summed E-state index contributed by atoms with van der Waals surface area (Å²) in [6, 6.07) is 9.55. The van der Waals surface area contributed by atoms with E-state index in [9.17, 15) is 9.18 Å². The van der Waals surface area contributed by atoms with Crippen LogP contribution in [0.3, 0.4) is 0 Å². The second-order valence-electron chi connectivity index (χ2n) is 14.0. The molecule has 2 bridgehead atoms. The zero-order valence-corrected chi connectivity index (χ0v) is 26.8. The van der Waals surface area contributed by atoms with E-state index in [2.05, 4.69) is 32.5 Å². The molecule has 0 radical (unpaired) electrons. The highest BCUT2D eigenvalue weighted by Gasteiger charge is 2.44. The summed E-state index contributed by atoms with van der Waals surface area (Å²) in [5.41, 5.74) is 2.39. The minimum atomic E-state index is -0.487. The number of rotatable bonds is 9. The number of hydrogen-bond donors (Lipinski definition) is 2. The number of nitrogens with zero attached hydrogens (tertiary/aromatic N) is 3. The number of piperidine rings is 1. The largest absolute Gasteiger partial charge is 0.491 e. The molecule has 2 saturated heterocycles. The first-order valence-corrected chi connectivity index (χ1v) is 17.0. The van der Waals surface area contributed by atoms with E-state index in [1.54, 1.807) is 12.1 Å². The number of fused-ring (bicyclic) bond motifs is 3. The molecule has 3 heterocycles. The van der Waals surface area contributed by atoms with Crippen LogP contribution in [0.1, 0.15) is 77.0 Å². The standard InChI is InChI=1S/C36H43ClFN5O2/c1-43-26-9-10-27(43)15-23(14-26)6-5-7-34(44)42-32-17-28-31(39-22-40-35(28)41-25-8-11-30(38)29(37)16-25)18-33(32)45-21-24-19-36(20-24)12-3-2-4-13-36/h5,7-8,11,16-18,22-24,26-27H,2-4,6,9-10,12-15,19-21H2,1H3,(H,42,44)(H,39,40,41). The van der Waals surface area contributed by atoms with Crippen LogP contribution in [0.25, 0.3) is 10.9 Å². The topological polar surface area (TPSA) is 79.4 Å². The number of carbonyl (C=O) groups excluding carboxylic acids is 1. The fourth-order valence-electron chi connectivity index (χ4n) is 8.57. The molecule has 2 aromatic carbocycles. The van der Waals surface area contributed by atoms with Crippen molar-refractivity contribution in [1.82, 2.24) is 14.9 Å². The molecule has 45 heavy (non-hydrogen) atoms. The van der Waals surface area contributed by atoms with Crippen molar-refractivity contribution in [1.29, 1.82) is 0 Å². The molecule has 2 atom stereocenters. The van der Waals surface area contributed by atoms with Crippen LogP contribution in [0, 0.1) is 23.1 Å². The van der Waals surface area contributed by atoms with E-state index >= 15 is 0 Å². The van der Waals surface area contributed by atoms with Crippen LogP contribution in [0.15, 0.2) is 48.8 Å². The minimum Gasteiger partial charge on any atom is -0.491 e. The summed E-state index contributed by atoms with van der Waals surface area (Å²) >= 11 is 6.02. The quantitative estimate of drug-likeness (QED) is 0.230. The van der Waals surface area contributed by atoms with Crippen molar-refractivity contribution in [3.63, 3.8) is 0 Å².